The minimum atomic E-state index is -0.620. The average molecular weight is 279 g/mol. The van der Waals surface area contributed by atoms with Crippen LogP contribution in [-0.2, 0) is 0 Å². The standard InChI is InChI=1S/C16H25NO3/c1-3-16(2,19)15-7-5-4-6-12(15)11-20-14-8-13(18)9-17-10-14/h8-10,12,15,18-19H,3-7,11H2,1-2H3. The molecule has 0 spiro atoms. The first-order chi connectivity index (χ1) is 9.53. The van der Waals surface area contributed by atoms with Gasteiger partial charge in [-0.2, -0.15) is 0 Å². The molecule has 0 saturated heterocycles. The second-order valence-electron chi connectivity index (χ2n) is 6.05. The number of rotatable bonds is 5. The Labute approximate surface area is 120 Å². The van der Waals surface area contributed by atoms with E-state index in [4.69, 9.17) is 4.74 Å². The van der Waals surface area contributed by atoms with E-state index < -0.39 is 5.60 Å². The topological polar surface area (TPSA) is 62.6 Å². The highest BCUT2D eigenvalue weighted by atomic mass is 16.5. The zero-order valence-corrected chi connectivity index (χ0v) is 12.4. The molecule has 1 aromatic heterocycles. The molecule has 112 valence electrons. The van der Waals surface area contributed by atoms with Crippen LogP contribution < -0.4 is 4.74 Å². The van der Waals surface area contributed by atoms with Gasteiger partial charge in [-0.3, -0.25) is 4.98 Å². The maximum atomic E-state index is 10.6. The summed E-state index contributed by atoms with van der Waals surface area (Å²) in [5.74, 6) is 1.35. The van der Waals surface area contributed by atoms with Gasteiger partial charge in [0.2, 0.25) is 0 Å². The predicted molar refractivity (Wildman–Crippen MR) is 77.8 cm³/mol. The van der Waals surface area contributed by atoms with E-state index in [1.165, 1.54) is 19.0 Å². The summed E-state index contributed by atoms with van der Waals surface area (Å²) in [5.41, 5.74) is -0.620. The molecule has 1 fully saturated rings. The van der Waals surface area contributed by atoms with Crippen molar-refractivity contribution in [2.75, 3.05) is 6.61 Å². The van der Waals surface area contributed by atoms with E-state index in [0.29, 0.717) is 18.3 Å². The molecule has 0 aliphatic heterocycles. The van der Waals surface area contributed by atoms with Crippen molar-refractivity contribution in [1.29, 1.82) is 0 Å². The van der Waals surface area contributed by atoms with Gasteiger partial charge in [0.15, 0.2) is 0 Å². The average Bonchev–Trinajstić information content (AvgIpc) is 2.45. The first kappa shape index (κ1) is 15.1. The fourth-order valence-electron chi connectivity index (χ4n) is 3.18. The van der Waals surface area contributed by atoms with Gasteiger partial charge in [0.25, 0.3) is 0 Å². The van der Waals surface area contributed by atoms with Gasteiger partial charge in [-0.05, 0) is 38.0 Å². The smallest absolute Gasteiger partial charge is 0.141 e. The van der Waals surface area contributed by atoms with Crippen molar-refractivity contribution in [2.45, 2.75) is 51.6 Å². The van der Waals surface area contributed by atoms with Gasteiger partial charge in [-0.1, -0.05) is 19.8 Å². The third-order valence-electron chi connectivity index (χ3n) is 4.59. The Balaban J connectivity index is 1.99. The number of aromatic hydroxyl groups is 1. The lowest BCUT2D eigenvalue weighted by Gasteiger charge is -2.40. The van der Waals surface area contributed by atoms with E-state index in [1.807, 2.05) is 13.8 Å². The van der Waals surface area contributed by atoms with Crippen molar-refractivity contribution in [3.05, 3.63) is 18.5 Å². The van der Waals surface area contributed by atoms with Crippen molar-refractivity contribution in [3.8, 4) is 11.5 Å². The van der Waals surface area contributed by atoms with Crippen LogP contribution in [0.5, 0.6) is 11.5 Å². The Morgan fingerprint density at radius 3 is 2.80 bits per heavy atom. The Morgan fingerprint density at radius 2 is 2.10 bits per heavy atom. The first-order valence-electron chi connectivity index (χ1n) is 7.52. The summed E-state index contributed by atoms with van der Waals surface area (Å²) in [5, 5.41) is 19.9. The minimum Gasteiger partial charge on any atom is -0.506 e. The number of hydrogen-bond donors (Lipinski definition) is 2. The lowest BCUT2D eigenvalue weighted by molar-refractivity contribution is -0.0542. The molecule has 4 heteroatoms. The van der Waals surface area contributed by atoms with Crippen LogP contribution in [-0.4, -0.2) is 27.4 Å². The molecule has 1 aromatic rings. The summed E-state index contributed by atoms with van der Waals surface area (Å²) in [6, 6.07) is 1.57. The first-order valence-corrected chi connectivity index (χ1v) is 7.52. The summed E-state index contributed by atoms with van der Waals surface area (Å²) in [6.45, 7) is 4.55. The summed E-state index contributed by atoms with van der Waals surface area (Å²) >= 11 is 0. The van der Waals surface area contributed by atoms with Crippen molar-refractivity contribution >= 4 is 0 Å². The van der Waals surface area contributed by atoms with E-state index in [2.05, 4.69) is 4.98 Å². The highest BCUT2D eigenvalue weighted by molar-refractivity contribution is 5.26. The third kappa shape index (κ3) is 3.63. The van der Waals surface area contributed by atoms with Gasteiger partial charge >= 0.3 is 0 Å². The molecule has 3 atom stereocenters. The third-order valence-corrected chi connectivity index (χ3v) is 4.59. The quantitative estimate of drug-likeness (QED) is 0.869. The SMILES string of the molecule is CCC(C)(O)C1CCCCC1COc1cncc(O)c1. The minimum absolute atomic E-state index is 0.114. The van der Waals surface area contributed by atoms with Gasteiger partial charge in [-0.25, -0.2) is 0 Å². The summed E-state index contributed by atoms with van der Waals surface area (Å²) < 4.78 is 5.76. The predicted octanol–water partition coefficient (Wildman–Crippen LogP) is 3.13. The zero-order chi connectivity index (χ0) is 14.6. The van der Waals surface area contributed by atoms with Gasteiger partial charge in [-0.15, -0.1) is 0 Å². The number of pyridine rings is 1. The fraction of sp³-hybridized carbons (Fsp3) is 0.688. The molecule has 0 aromatic carbocycles. The number of aromatic nitrogens is 1. The zero-order valence-electron chi connectivity index (χ0n) is 12.4. The van der Waals surface area contributed by atoms with Crippen LogP contribution in [0.2, 0.25) is 0 Å². The lowest BCUT2D eigenvalue weighted by atomic mass is 9.70. The molecular formula is C16H25NO3. The van der Waals surface area contributed by atoms with Crippen molar-refractivity contribution < 1.29 is 14.9 Å². The van der Waals surface area contributed by atoms with E-state index >= 15 is 0 Å². The molecule has 1 aliphatic rings. The second-order valence-corrected chi connectivity index (χ2v) is 6.05. The molecule has 0 radical (unpaired) electrons. The van der Waals surface area contributed by atoms with E-state index in [0.717, 1.165) is 19.3 Å². The van der Waals surface area contributed by atoms with Crippen molar-refractivity contribution in [1.82, 2.24) is 4.98 Å². The highest BCUT2D eigenvalue weighted by Gasteiger charge is 2.38. The number of hydrogen-bond acceptors (Lipinski definition) is 4. The number of ether oxygens (including phenoxy) is 1. The largest absolute Gasteiger partial charge is 0.506 e. The summed E-state index contributed by atoms with van der Waals surface area (Å²) in [7, 11) is 0. The molecule has 0 bridgehead atoms. The van der Waals surface area contributed by atoms with Crippen LogP contribution in [0.3, 0.4) is 0 Å². The Hall–Kier alpha value is -1.29. The van der Waals surface area contributed by atoms with Gasteiger partial charge in [0.1, 0.15) is 11.5 Å². The van der Waals surface area contributed by atoms with E-state index in [1.54, 1.807) is 12.3 Å². The summed E-state index contributed by atoms with van der Waals surface area (Å²) in [4.78, 5) is 3.91. The molecule has 2 rings (SSSR count). The van der Waals surface area contributed by atoms with E-state index in [9.17, 15) is 10.2 Å². The Bertz CT molecular complexity index is 433. The number of aliphatic hydroxyl groups is 1. The summed E-state index contributed by atoms with van der Waals surface area (Å²) in [6.07, 6.45) is 8.29. The molecule has 0 amide bonds. The van der Waals surface area contributed by atoms with Crippen molar-refractivity contribution in [2.24, 2.45) is 11.8 Å². The van der Waals surface area contributed by atoms with E-state index in [-0.39, 0.29) is 11.7 Å². The van der Waals surface area contributed by atoms with Gasteiger partial charge < -0.3 is 14.9 Å². The van der Waals surface area contributed by atoms with Crippen LogP contribution in [0, 0.1) is 11.8 Å². The molecule has 1 aliphatic carbocycles. The van der Waals surface area contributed by atoms with Crippen molar-refractivity contribution in [3.63, 3.8) is 0 Å². The van der Waals surface area contributed by atoms with Crippen LogP contribution in [0.1, 0.15) is 46.0 Å². The maximum Gasteiger partial charge on any atom is 0.141 e. The highest BCUT2D eigenvalue weighted by Crippen LogP contribution is 2.39. The molecule has 20 heavy (non-hydrogen) atoms. The van der Waals surface area contributed by atoms with Crippen LogP contribution in [0.4, 0.5) is 0 Å². The van der Waals surface area contributed by atoms with Gasteiger partial charge in [0.05, 0.1) is 24.6 Å². The molecule has 4 nitrogen and oxygen atoms in total. The maximum absolute atomic E-state index is 10.6. The normalized spacial score (nSPS) is 25.9. The molecule has 1 heterocycles. The molecule has 2 N–H and O–H groups in total. The lowest BCUT2D eigenvalue weighted by Crippen LogP contribution is -2.42. The van der Waals surface area contributed by atoms with Crippen LogP contribution in [0.15, 0.2) is 18.5 Å². The second kappa shape index (κ2) is 6.44. The molecular weight excluding hydrogens is 254 g/mol. The Kier molecular flexibility index (Phi) is 4.86. The Morgan fingerprint density at radius 1 is 1.35 bits per heavy atom. The van der Waals surface area contributed by atoms with Gasteiger partial charge in [0, 0.05) is 6.07 Å². The monoisotopic (exact) mass is 279 g/mol. The van der Waals surface area contributed by atoms with Crippen LogP contribution >= 0.6 is 0 Å². The molecule has 3 unspecified atom stereocenters. The molecule has 1 saturated carbocycles. The number of nitrogens with zero attached hydrogens (tertiary/aromatic N) is 1. The fourth-order valence-corrected chi connectivity index (χ4v) is 3.18. The van der Waals surface area contributed by atoms with Crippen LogP contribution in [0.25, 0.3) is 0 Å².